The third kappa shape index (κ3) is 5.92. The number of ether oxygens (including phenoxy) is 2. The molecule has 9 nitrogen and oxygen atoms in total. The Morgan fingerprint density at radius 1 is 0.879 bits per heavy atom. The minimum atomic E-state index is -3.57. The number of nitrogens with zero attached hydrogens (tertiary/aromatic N) is 2. The van der Waals surface area contributed by atoms with Crippen molar-refractivity contribution >= 4 is 27.5 Å². The molecule has 0 radical (unpaired) electrons. The van der Waals surface area contributed by atoms with Crippen molar-refractivity contribution in [3.05, 3.63) is 24.3 Å². The summed E-state index contributed by atoms with van der Waals surface area (Å²) in [6.45, 7) is 3.82. The van der Waals surface area contributed by atoms with E-state index in [2.05, 4.69) is 5.32 Å². The quantitative estimate of drug-likeness (QED) is 0.640. The predicted octanol–water partition coefficient (Wildman–Crippen LogP) is 1.85. The number of sulfonamides is 1. The van der Waals surface area contributed by atoms with Gasteiger partial charge in [-0.2, -0.15) is 4.31 Å². The van der Waals surface area contributed by atoms with Crippen LogP contribution < -0.4 is 5.32 Å². The van der Waals surface area contributed by atoms with Crippen LogP contribution in [0.25, 0.3) is 0 Å². The lowest BCUT2D eigenvalue weighted by Crippen LogP contribution is -2.43. The summed E-state index contributed by atoms with van der Waals surface area (Å²) in [4.78, 5) is 27.7. The van der Waals surface area contributed by atoms with Gasteiger partial charge in [0.1, 0.15) is 0 Å². The van der Waals surface area contributed by atoms with E-state index in [1.54, 1.807) is 12.1 Å². The van der Waals surface area contributed by atoms with Crippen molar-refractivity contribution in [1.29, 1.82) is 0 Å². The van der Waals surface area contributed by atoms with Gasteiger partial charge in [-0.25, -0.2) is 8.42 Å². The molecule has 10 heteroatoms. The highest BCUT2D eigenvalue weighted by Crippen LogP contribution is 2.44. The lowest BCUT2D eigenvalue weighted by atomic mass is 9.78. The number of rotatable bonds is 7. The highest BCUT2D eigenvalue weighted by Gasteiger charge is 2.39. The molecule has 4 rings (SSSR count). The molecule has 1 saturated carbocycles. The van der Waals surface area contributed by atoms with E-state index in [9.17, 15) is 18.0 Å². The van der Waals surface area contributed by atoms with Gasteiger partial charge in [-0.3, -0.25) is 9.59 Å². The molecule has 33 heavy (non-hydrogen) atoms. The Balaban J connectivity index is 1.36. The first-order valence-electron chi connectivity index (χ1n) is 11.7. The summed E-state index contributed by atoms with van der Waals surface area (Å²) < 4.78 is 37.5. The highest BCUT2D eigenvalue weighted by atomic mass is 32.2. The monoisotopic (exact) mass is 479 g/mol. The van der Waals surface area contributed by atoms with Crippen molar-refractivity contribution < 1.29 is 27.5 Å². The molecule has 3 aliphatic rings. The summed E-state index contributed by atoms with van der Waals surface area (Å²) in [5, 5.41) is 2.89. The molecule has 2 aliphatic heterocycles. The van der Waals surface area contributed by atoms with Crippen molar-refractivity contribution in [3.63, 3.8) is 0 Å². The fraction of sp³-hybridized carbons (Fsp3) is 0.652. The van der Waals surface area contributed by atoms with Gasteiger partial charge in [0.2, 0.25) is 21.8 Å². The fourth-order valence-corrected chi connectivity index (χ4v) is 6.39. The van der Waals surface area contributed by atoms with E-state index in [1.807, 2.05) is 4.90 Å². The lowest BCUT2D eigenvalue weighted by Gasteiger charge is -2.33. The topological polar surface area (TPSA) is 105 Å². The minimum absolute atomic E-state index is 0.102. The number of morpholine rings is 2. The first-order chi connectivity index (χ1) is 15.9. The second-order valence-corrected chi connectivity index (χ2v) is 11.1. The molecule has 0 aromatic heterocycles. The molecule has 0 bridgehead atoms. The summed E-state index contributed by atoms with van der Waals surface area (Å²) in [6, 6.07) is 6.28. The van der Waals surface area contributed by atoms with Crippen LogP contribution in [0.4, 0.5) is 5.69 Å². The molecular formula is C23H33N3O6S. The van der Waals surface area contributed by atoms with Gasteiger partial charge in [-0.1, -0.05) is 12.8 Å². The van der Waals surface area contributed by atoms with Crippen LogP contribution >= 0.6 is 0 Å². The summed E-state index contributed by atoms with van der Waals surface area (Å²) in [5.41, 5.74) is 0.243. The van der Waals surface area contributed by atoms with E-state index < -0.39 is 10.0 Å². The molecule has 1 aliphatic carbocycles. The highest BCUT2D eigenvalue weighted by molar-refractivity contribution is 7.89. The summed E-state index contributed by atoms with van der Waals surface area (Å²) in [5.74, 6) is -0.0406. The average Bonchev–Trinajstić information content (AvgIpc) is 3.28. The number of carbonyl (C=O) groups excluding carboxylic acids is 2. The Bertz CT molecular complexity index is 931. The Labute approximate surface area is 195 Å². The summed E-state index contributed by atoms with van der Waals surface area (Å²) in [6.07, 6.45) is 4.46. The molecular weight excluding hydrogens is 446 g/mol. The number of hydrogen-bond acceptors (Lipinski definition) is 6. The van der Waals surface area contributed by atoms with Crippen molar-refractivity contribution in [2.24, 2.45) is 5.41 Å². The van der Waals surface area contributed by atoms with E-state index >= 15 is 0 Å². The Morgan fingerprint density at radius 2 is 1.45 bits per heavy atom. The van der Waals surface area contributed by atoms with Gasteiger partial charge in [0.05, 0.1) is 31.3 Å². The second kappa shape index (κ2) is 10.5. The Kier molecular flexibility index (Phi) is 7.68. The van der Waals surface area contributed by atoms with E-state index in [0.29, 0.717) is 64.7 Å². The molecule has 1 aromatic carbocycles. The molecule has 0 atom stereocenters. The number of hydrogen-bond donors (Lipinski definition) is 1. The van der Waals surface area contributed by atoms with Crippen molar-refractivity contribution in [2.45, 2.75) is 43.4 Å². The molecule has 2 heterocycles. The van der Waals surface area contributed by atoms with Gasteiger partial charge < -0.3 is 19.7 Å². The van der Waals surface area contributed by atoms with Crippen molar-refractivity contribution in [1.82, 2.24) is 9.21 Å². The largest absolute Gasteiger partial charge is 0.379 e. The average molecular weight is 480 g/mol. The van der Waals surface area contributed by atoms with Gasteiger partial charge in [0.15, 0.2) is 0 Å². The van der Waals surface area contributed by atoms with E-state index in [1.165, 1.54) is 16.4 Å². The second-order valence-electron chi connectivity index (χ2n) is 9.14. The van der Waals surface area contributed by atoms with Crippen molar-refractivity contribution in [3.8, 4) is 0 Å². The van der Waals surface area contributed by atoms with Crippen LogP contribution in [0.2, 0.25) is 0 Å². The van der Waals surface area contributed by atoms with E-state index in [-0.39, 0.29) is 28.5 Å². The van der Waals surface area contributed by atoms with E-state index in [4.69, 9.17) is 9.47 Å². The number of anilines is 1. The molecule has 2 amide bonds. The first kappa shape index (κ1) is 24.1. The Morgan fingerprint density at radius 3 is 2.06 bits per heavy atom. The smallest absolute Gasteiger partial charge is 0.243 e. The first-order valence-corrected chi connectivity index (χ1v) is 13.2. The third-order valence-electron chi connectivity index (χ3n) is 6.84. The van der Waals surface area contributed by atoms with Crippen LogP contribution in [0, 0.1) is 5.41 Å². The van der Waals surface area contributed by atoms with Crippen LogP contribution in [0.1, 0.15) is 38.5 Å². The van der Waals surface area contributed by atoms with Crippen LogP contribution in [0.3, 0.4) is 0 Å². The van der Waals surface area contributed by atoms with Gasteiger partial charge >= 0.3 is 0 Å². The molecule has 182 valence electrons. The molecule has 1 N–H and O–H groups in total. The maximum Gasteiger partial charge on any atom is 0.243 e. The summed E-state index contributed by atoms with van der Waals surface area (Å²) >= 11 is 0. The lowest BCUT2D eigenvalue weighted by molar-refractivity contribution is -0.138. The van der Waals surface area contributed by atoms with Crippen LogP contribution in [-0.4, -0.2) is 82.0 Å². The minimum Gasteiger partial charge on any atom is -0.379 e. The van der Waals surface area contributed by atoms with Crippen LogP contribution in [0.5, 0.6) is 0 Å². The zero-order chi connectivity index (χ0) is 23.3. The maximum atomic E-state index is 12.9. The third-order valence-corrected chi connectivity index (χ3v) is 8.75. The number of carbonyl (C=O) groups is 2. The van der Waals surface area contributed by atoms with Crippen molar-refractivity contribution in [2.75, 3.05) is 57.9 Å². The molecule has 0 spiro atoms. The molecule has 2 saturated heterocycles. The van der Waals surface area contributed by atoms with Crippen LogP contribution in [0.15, 0.2) is 29.2 Å². The predicted molar refractivity (Wildman–Crippen MR) is 122 cm³/mol. The number of nitrogens with one attached hydrogen (secondary N) is 1. The summed E-state index contributed by atoms with van der Waals surface area (Å²) in [7, 11) is -3.57. The zero-order valence-electron chi connectivity index (χ0n) is 19.0. The van der Waals surface area contributed by atoms with Gasteiger partial charge in [0.25, 0.3) is 0 Å². The molecule has 1 aromatic rings. The number of benzene rings is 1. The number of amides is 2. The maximum absolute atomic E-state index is 12.9. The van der Waals surface area contributed by atoms with E-state index in [0.717, 1.165) is 25.7 Å². The van der Waals surface area contributed by atoms with Crippen LogP contribution in [-0.2, 0) is 29.1 Å². The van der Waals surface area contributed by atoms with Gasteiger partial charge in [-0.05, 0) is 42.5 Å². The zero-order valence-corrected chi connectivity index (χ0v) is 19.8. The van der Waals surface area contributed by atoms with Gasteiger partial charge in [-0.15, -0.1) is 0 Å². The Hall–Kier alpha value is -2.01. The SMILES string of the molecule is O=C(CC1(CC(=O)N2CCOCC2)CCCC1)Nc1ccc(S(=O)(=O)N2CCOCC2)cc1. The molecule has 0 unspecified atom stereocenters. The standard InChI is InChI=1S/C23H33N3O6S/c27-21(17-23(7-1-2-8-23)18-22(28)25-9-13-31-14-10-25)24-19-3-5-20(6-4-19)33(29,30)26-11-15-32-16-12-26/h3-6H,1-2,7-18H2,(H,24,27). The normalized spacial score (nSPS) is 21.6. The molecule has 3 fully saturated rings. The van der Waals surface area contributed by atoms with Gasteiger partial charge in [0, 0.05) is 44.7 Å². The fourth-order valence-electron chi connectivity index (χ4n) is 4.98.